The van der Waals surface area contributed by atoms with E-state index < -0.39 is 12.0 Å². The van der Waals surface area contributed by atoms with Gasteiger partial charge < -0.3 is 10.8 Å². The molecule has 0 aliphatic carbocycles. The summed E-state index contributed by atoms with van der Waals surface area (Å²) in [6, 6.07) is 4.80. The Labute approximate surface area is 88.6 Å². The van der Waals surface area contributed by atoms with Crippen LogP contribution >= 0.6 is 27.5 Å². The van der Waals surface area contributed by atoms with Crippen molar-refractivity contribution in [3.63, 3.8) is 0 Å². The molecule has 1 unspecified atom stereocenters. The highest BCUT2D eigenvalue weighted by Crippen LogP contribution is 2.26. The minimum absolute atomic E-state index is 0.306. The summed E-state index contributed by atoms with van der Waals surface area (Å²) in [6.07, 6.45) is -1.35. The van der Waals surface area contributed by atoms with E-state index in [-0.39, 0.29) is 0 Å². The summed E-state index contributed by atoms with van der Waals surface area (Å²) in [6.45, 7) is 0. The van der Waals surface area contributed by atoms with E-state index in [0.29, 0.717) is 10.6 Å². The third-order valence-electron chi connectivity index (χ3n) is 1.53. The van der Waals surface area contributed by atoms with Gasteiger partial charge in [-0.1, -0.05) is 33.6 Å². The molecule has 0 radical (unpaired) electrons. The molecule has 0 spiro atoms. The van der Waals surface area contributed by atoms with Crippen LogP contribution in [0.4, 0.5) is 0 Å². The molecule has 70 valence electrons. The van der Waals surface area contributed by atoms with Gasteiger partial charge in [-0.2, -0.15) is 0 Å². The average Bonchev–Trinajstić information content (AvgIpc) is 2.03. The number of aliphatic hydroxyl groups excluding tert-OH is 1. The molecule has 3 nitrogen and oxygen atoms in total. The molecule has 13 heavy (non-hydrogen) atoms. The van der Waals surface area contributed by atoms with Crippen LogP contribution in [0.3, 0.4) is 0 Å². The van der Waals surface area contributed by atoms with E-state index in [2.05, 4.69) is 15.9 Å². The number of nitrogens with two attached hydrogens (primary N) is 1. The van der Waals surface area contributed by atoms with Crippen molar-refractivity contribution in [1.29, 1.82) is 0 Å². The topological polar surface area (TPSA) is 63.3 Å². The lowest BCUT2D eigenvalue weighted by atomic mass is 10.1. The van der Waals surface area contributed by atoms with Crippen LogP contribution in [0, 0.1) is 0 Å². The van der Waals surface area contributed by atoms with Crippen LogP contribution in [0.5, 0.6) is 0 Å². The van der Waals surface area contributed by atoms with Crippen LogP contribution in [0.1, 0.15) is 11.7 Å². The van der Waals surface area contributed by atoms with Crippen molar-refractivity contribution in [3.05, 3.63) is 33.3 Å². The number of aliphatic hydroxyl groups is 1. The molecule has 0 saturated carbocycles. The zero-order valence-corrected chi connectivity index (χ0v) is 8.84. The van der Waals surface area contributed by atoms with Gasteiger partial charge in [0.05, 0.1) is 0 Å². The van der Waals surface area contributed by atoms with Crippen molar-refractivity contribution in [2.24, 2.45) is 5.73 Å². The number of benzene rings is 1. The summed E-state index contributed by atoms with van der Waals surface area (Å²) in [4.78, 5) is 10.6. The Kier molecular flexibility index (Phi) is 3.30. The predicted octanol–water partition coefficient (Wildman–Crippen LogP) is 1.62. The largest absolute Gasteiger partial charge is 0.378 e. The second kappa shape index (κ2) is 4.09. The lowest BCUT2D eigenvalue weighted by Crippen LogP contribution is -2.21. The summed E-state index contributed by atoms with van der Waals surface area (Å²) in [7, 11) is 0. The van der Waals surface area contributed by atoms with Crippen molar-refractivity contribution in [2.45, 2.75) is 6.10 Å². The minimum atomic E-state index is -1.35. The fourth-order valence-electron chi connectivity index (χ4n) is 0.877. The van der Waals surface area contributed by atoms with E-state index in [9.17, 15) is 9.90 Å². The molecule has 3 N–H and O–H groups in total. The minimum Gasteiger partial charge on any atom is -0.378 e. The molecule has 1 atom stereocenters. The molecule has 0 aliphatic heterocycles. The quantitative estimate of drug-likeness (QED) is 0.852. The molecule has 1 aromatic rings. The Morgan fingerprint density at radius 1 is 1.62 bits per heavy atom. The third-order valence-corrected chi connectivity index (χ3v) is 2.35. The number of hydrogen-bond donors (Lipinski definition) is 2. The van der Waals surface area contributed by atoms with Crippen molar-refractivity contribution < 1.29 is 9.90 Å². The van der Waals surface area contributed by atoms with Crippen LogP contribution in [0.25, 0.3) is 0 Å². The number of amides is 1. The van der Waals surface area contributed by atoms with E-state index in [0.717, 1.165) is 4.47 Å². The average molecular weight is 265 g/mol. The number of rotatable bonds is 2. The van der Waals surface area contributed by atoms with Crippen molar-refractivity contribution >= 4 is 33.4 Å². The Balaban J connectivity index is 3.08. The van der Waals surface area contributed by atoms with Crippen molar-refractivity contribution in [1.82, 2.24) is 0 Å². The van der Waals surface area contributed by atoms with Gasteiger partial charge in [-0.15, -0.1) is 0 Å². The number of primary amides is 1. The first kappa shape index (κ1) is 10.5. The molecule has 0 aliphatic rings. The molecule has 1 rings (SSSR count). The highest BCUT2D eigenvalue weighted by atomic mass is 79.9. The SMILES string of the molecule is NC(=O)C(O)c1ccc(Br)cc1Cl. The van der Waals surface area contributed by atoms with Gasteiger partial charge in [-0.05, 0) is 12.1 Å². The van der Waals surface area contributed by atoms with E-state index in [1.54, 1.807) is 18.2 Å². The smallest absolute Gasteiger partial charge is 0.250 e. The maximum Gasteiger partial charge on any atom is 0.250 e. The second-order valence-electron chi connectivity index (χ2n) is 2.47. The fraction of sp³-hybridized carbons (Fsp3) is 0.125. The van der Waals surface area contributed by atoms with E-state index in [1.165, 1.54) is 0 Å². The number of halogens is 2. The summed E-state index contributed by atoms with van der Waals surface area (Å²) in [5.74, 6) is -0.816. The summed E-state index contributed by atoms with van der Waals surface area (Å²) in [5, 5.41) is 9.60. The Morgan fingerprint density at radius 2 is 2.23 bits per heavy atom. The van der Waals surface area contributed by atoms with Gasteiger partial charge in [0.2, 0.25) is 0 Å². The van der Waals surface area contributed by atoms with Crippen molar-refractivity contribution in [3.8, 4) is 0 Å². The lowest BCUT2D eigenvalue weighted by Gasteiger charge is -2.08. The molecule has 1 aromatic carbocycles. The zero-order valence-electron chi connectivity index (χ0n) is 6.50. The first-order valence-electron chi connectivity index (χ1n) is 3.44. The summed E-state index contributed by atoms with van der Waals surface area (Å²) in [5.41, 5.74) is 5.23. The first-order valence-corrected chi connectivity index (χ1v) is 4.62. The van der Waals surface area contributed by atoms with Gasteiger partial charge in [-0.25, -0.2) is 0 Å². The molecule has 0 saturated heterocycles. The monoisotopic (exact) mass is 263 g/mol. The van der Waals surface area contributed by atoms with E-state index >= 15 is 0 Å². The van der Waals surface area contributed by atoms with Gasteiger partial charge in [-0.3, -0.25) is 4.79 Å². The lowest BCUT2D eigenvalue weighted by molar-refractivity contribution is -0.126. The second-order valence-corrected chi connectivity index (χ2v) is 3.79. The Morgan fingerprint density at radius 3 is 2.69 bits per heavy atom. The van der Waals surface area contributed by atoms with Gasteiger partial charge in [0.15, 0.2) is 6.10 Å². The summed E-state index contributed by atoms with van der Waals surface area (Å²) < 4.78 is 0.776. The normalized spacial score (nSPS) is 12.5. The first-order chi connectivity index (χ1) is 6.02. The molecular formula is C8H7BrClNO2. The number of carbonyl (C=O) groups excluding carboxylic acids is 1. The van der Waals surface area contributed by atoms with Gasteiger partial charge in [0.25, 0.3) is 5.91 Å². The predicted molar refractivity (Wildman–Crippen MR) is 53.3 cm³/mol. The molecule has 0 bridgehead atoms. The maximum atomic E-state index is 10.6. The Bertz CT molecular complexity index is 343. The Hall–Kier alpha value is -0.580. The molecular weight excluding hydrogens is 257 g/mol. The van der Waals surface area contributed by atoms with Gasteiger partial charge in [0.1, 0.15) is 0 Å². The molecule has 0 aromatic heterocycles. The summed E-state index contributed by atoms with van der Waals surface area (Å²) >= 11 is 8.97. The van der Waals surface area contributed by atoms with Crippen LogP contribution in [-0.2, 0) is 4.79 Å². The van der Waals surface area contributed by atoms with Gasteiger partial charge >= 0.3 is 0 Å². The highest BCUT2D eigenvalue weighted by molar-refractivity contribution is 9.10. The number of carbonyl (C=O) groups is 1. The van der Waals surface area contributed by atoms with E-state index in [1.807, 2.05) is 0 Å². The van der Waals surface area contributed by atoms with Crippen LogP contribution in [0.2, 0.25) is 5.02 Å². The fourth-order valence-corrected chi connectivity index (χ4v) is 1.65. The van der Waals surface area contributed by atoms with Crippen LogP contribution in [-0.4, -0.2) is 11.0 Å². The van der Waals surface area contributed by atoms with Crippen LogP contribution in [0.15, 0.2) is 22.7 Å². The molecule has 0 heterocycles. The standard InChI is InChI=1S/C8H7BrClNO2/c9-4-1-2-5(6(10)3-4)7(12)8(11)13/h1-3,7,12H,(H2,11,13). The highest BCUT2D eigenvalue weighted by Gasteiger charge is 2.16. The molecule has 5 heteroatoms. The van der Waals surface area contributed by atoms with Crippen LogP contribution < -0.4 is 5.73 Å². The van der Waals surface area contributed by atoms with Crippen molar-refractivity contribution in [2.75, 3.05) is 0 Å². The maximum absolute atomic E-state index is 10.6. The molecule has 1 amide bonds. The molecule has 0 fully saturated rings. The zero-order chi connectivity index (χ0) is 10.0. The third kappa shape index (κ3) is 2.43. The van der Waals surface area contributed by atoms with Gasteiger partial charge in [0, 0.05) is 15.1 Å². The van der Waals surface area contributed by atoms with E-state index in [4.69, 9.17) is 17.3 Å². The number of hydrogen-bond acceptors (Lipinski definition) is 2.